The molecule has 1 aliphatic rings. The van der Waals surface area contributed by atoms with Gasteiger partial charge in [-0.15, -0.1) is 0 Å². The van der Waals surface area contributed by atoms with E-state index in [0.717, 1.165) is 11.5 Å². The van der Waals surface area contributed by atoms with Gasteiger partial charge in [-0.1, -0.05) is 0 Å². The molecule has 0 spiro atoms. The first-order chi connectivity index (χ1) is 9.08. The lowest BCUT2D eigenvalue weighted by atomic mass is 10.1. The summed E-state index contributed by atoms with van der Waals surface area (Å²) < 4.78 is 9.96. The zero-order chi connectivity index (χ0) is 14.3. The fourth-order valence-electron chi connectivity index (χ4n) is 2.10. The molecule has 2 atom stereocenters. The maximum absolute atomic E-state index is 11.5. The van der Waals surface area contributed by atoms with Gasteiger partial charge >= 0.3 is 11.9 Å². The normalized spacial score (nSPS) is 23.9. The summed E-state index contributed by atoms with van der Waals surface area (Å²) in [5.74, 6) is 1.46. The molecule has 19 heavy (non-hydrogen) atoms. The van der Waals surface area contributed by atoms with Crippen molar-refractivity contribution in [3.8, 4) is 0 Å². The number of hydrogen-bond donors (Lipinski definition) is 0. The lowest BCUT2D eigenvalue weighted by Gasteiger charge is -2.38. The Hall–Kier alpha value is -0.750. The summed E-state index contributed by atoms with van der Waals surface area (Å²) in [5, 5.41) is 0. The van der Waals surface area contributed by atoms with E-state index in [1.165, 1.54) is 0 Å². The summed E-state index contributed by atoms with van der Waals surface area (Å²) in [6.45, 7) is 4.44. The molecule has 5 nitrogen and oxygen atoms in total. The van der Waals surface area contributed by atoms with Crippen molar-refractivity contribution in [3.63, 3.8) is 0 Å². The zero-order valence-corrected chi connectivity index (χ0v) is 12.7. The molecule has 0 saturated carbocycles. The molecule has 0 aliphatic carbocycles. The van der Waals surface area contributed by atoms with Crippen LogP contribution in [-0.2, 0) is 19.1 Å². The van der Waals surface area contributed by atoms with Gasteiger partial charge in [0.05, 0.1) is 26.1 Å². The minimum atomic E-state index is -0.170. The van der Waals surface area contributed by atoms with Crippen molar-refractivity contribution in [2.75, 3.05) is 31.8 Å². The molecule has 0 aromatic carbocycles. The number of carbonyl (C=O) groups excluding carboxylic acids is 2. The van der Waals surface area contributed by atoms with Crippen molar-refractivity contribution in [2.24, 2.45) is 0 Å². The van der Waals surface area contributed by atoms with Gasteiger partial charge in [0.1, 0.15) is 0 Å². The van der Waals surface area contributed by atoms with E-state index in [-0.39, 0.29) is 24.0 Å². The summed E-state index contributed by atoms with van der Waals surface area (Å²) >= 11 is 1.78. The maximum Gasteiger partial charge on any atom is 0.307 e. The Morgan fingerprint density at radius 3 is 1.84 bits per heavy atom. The van der Waals surface area contributed by atoms with Gasteiger partial charge in [0.2, 0.25) is 0 Å². The van der Waals surface area contributed by atoms with Crippen molar-refractivity contribution in [2.45, 2.75) is 38.8 Å². The van der Waals surface area contributed by atoms with Gasteiger partial charge in [-0.05, 0) is 20.9 Å². The minimum Gasteiger partial charge on any atom is -0.466 e. The largest absolute Gasteiger partial charge is 0.466 e. The number of esters is 2. The quantitative estimate of drug-likeness (QED) is 0.687. The third kappa shape index (κ3) is 5.40. The van der Waals surface area contributed by atoms with Crippen molar-refractivity contribution < 1.29 is 19.1 Å². The van der Waals surface area contributed by atoms with Crippen molar-refractivity contribution in [3.05, 3.63) is 0 Å². The van der Waals surface area contributed by atoms with Gasteiger partial charge in [-0.25, -0.2) is 0 Å². The minimum absolute atomic E-state index is 0.136. The Morgan fingerprint density at radius 1 is 1.05 bits per heavy atom. The van der Waals surface area contributed by atoms with Crippen LogP contribution in [-0.4, -0.2) is 60.7 Å². The van der Waals surface area contributed by atoms with E-state index in [2.05, 4.69) is 4.90 Å². The highest BCUT2D eigenvalue weighted by Gasteiger charge is 2.31. The first-order valence-corrected chi connectivity index (χ1v) is 7.84. The van der Waals surface area contributed by atoms with E-state index in [9.17, 15) is 9.59 Å². The summed E-state index contributed by atoms with van der Waals surface area (Å²) in [4.78, 5) is 25.2. The van der Waals surface area contributed by atoms with Crippen molar-refractivity contribution in [1.82, 2.24) is 4.90 Å². The number of rotatable bonds is 6. The molecule has 0 aromatic rings. The number of ether oxygens (including phenoxy) is 2. The van der Waals surface area contributed by atoms with Gasteiger partial charge < -0.3 is 9.47 Å². The standard InChI is InChI=1S/C13H23NO4S/c1-4-17-12(15)6-10-8-19-9-11(14(10)3)7-13(16)18-5-2/h10-11H,4-9H2,1-3H3. The van der Waals surface area contributed by atoms with E-state index in [1.54, 1.807) is 25.6 Å². The monoisotopic (exact) mass is 289 g/mol. The third-order valence-electron chi connectivity index (χ3n) is 3.19. The molecule has 0 radical (unpaired) electrons. The Kier molecular flexibility index (Phi) is 7.23. The molecular weight excluding hydrogens is 266 g/mol. The molecule has 1 heterocycles. The van der Waals surface area contributed by atoms with Gasteiger partial charge in [0.15, 0.2) is 0 Å². The van der Waals surface area contributed by atoms with Crippen LogP contribution in [0.2, 0.25) is 0 Å². The average Bonchev–Trinajstić information content (AvgIpc) is 2.35. The molecule has 0 amide bonds. The Labute approximate surface area is 119 Å². The first kappa shape index (κ1) is 16.3. The number of hydrogen-bond acceptors (Lipinski definition) is 6. The van der Waals surface area contributed by atoms with Crippen LogP contribution in [0.15, 0.2) is 0 Å². The second-order valence-electron chi connectivity index (χ2n) is 4.53. The predicted octanol–water partition coefficient (Wildman–Crippen LogP) is 1.31. The lowest BCUT2D eigenvalue weighted by Crippen LogP contribution is -2.48. The van der Waals surface area contributed by atoms with Gasteiger partial charge in [-0.3, -0.25) is 14.5 Å². The van der Waals surface area contributed by atoms with Gasteiger partial charge in [-0.2, -0.15) is 11.8 Å². The first-order valence-electron chi connectivity index (χ1n) is 6.69. The van der Waals surface area contributed by atoms with E-state index in [4.69, 9.17) is 9.47 Å². The molecule has 1 rings (SSSR count). The van der Waals surface area contributed by atoms with Crippen molar-refractivity contribution >= 4 is 23.7 Å². The van der Waals surface area contributed by atoms with Crippen LogP contribution in [0.1, 0.15) is 26.7 Å². The van der Waals surface area contributed by atoms with E-state index in [0.29, 0.717) is 26.1 Å². The Bertz CT molecular complexity index is 283. The number of carbonyl (C=O) groups is 2. The summed E-state index contributed by atoms with van der Waals surface area (Å²) in [5.41, 5.74) is 0. The van der Waals surface area contributed by atoms with Crippen molar-refractivity contribution in [1.29, 1.82) is 0 Å². The second kappa shape index (κ2) is 8.43. The number of thioether (sulfide) groups is 1. The highest BCUT2D eigenvalue weighted by molar-refractivity contribution is 7.99. The molecule has 1 saturated heterocycles. The molecule has 0 bridgehead atoms. The predicted molar refractivity (Wildman–Crippen MR) is 75.2 cm³/mol. The highest BCUT2D eigenvalue weighted by atomic mass is 32.2. The number of nitrogens with zero attached hydrogens (tertiary/aromatic N) is 1. The highest BCUT2D eigenvalue weighted by Crippen LogP contribution is 2.24. The van der Waals surface area contributed by atoms with Gasteiger partial charge in [0.25, 0.3) is 0 Å². The molecular formula is C13H23NO4S. The second-order valence-corrected chi connectivity index (χ2v) is 5.60. The molecule has 2 unspecified atom stereocenters. The summed E-state index contributed by atoms with van der Waals surface area (Å²) in [6.07, 6.45) is 0.771. The summed E-state index contributed by atoms with van der Waals surface area (Å²) in [6, 6.07) is 0.273. The Morgan fingerprint density at radius 2 is 1.47 bits per heavy atom. The van der Waals surface area contributed by atoms with Crippen LogP contribution in [0.5, 0.6) is 0 Å². The van der Waals surface area contributed by atoms with Crippen LogP contribution in [0.3, 0.4) is 0 Å². The fraction of sp³-hybridized carbons (Fsp3) is 0.846. The van der Waals surface area contributed by atoms with E-state index in [1.807, 2.05) is 7.05 Å². The van der Waals surface area contributed by atoms with Crippen LogP contribution in [0.25, 0.3) is 0 Å². The summed E-state index contributed by atoms with van der Waals surface area (Å²) in [7, 11) is 1.97. The van der Waals surface area contributed by atoms with Crippen LogP contribution in [0.4, 0.5) is 0 Å². The Balaban J connectivity index is 2.48. The molecule has 0 aromatic heterocycles. The average molecular weight is 289 g/mol. The van der Waals surface area contributed by atoms with Crippen LogP contribution >= 0.6 is 11.8 Å². The van der Waals surface area contributed by atoms with E-state index >= 15 is 0 Å². The zero-order valence-electron chi connectivity index (χ0n) is 11.9. The fourth-order valence-corrected chi connectivity index (χ4v) is 3.49. The van der Waals surface area contributed by atoms with E-state index < -0.39 is 0 Å². The van der Waals surface area contributed by atoms with Crippen LogP contribution in [0, 0.1) is 0 Å². The van der Waals surface area contributed by atoms with Crippen LogP contribution < -0.4 is 0 Å². The lowest BCUT2D eigenvalue weighted by molar-refractivity contribution is -0.145. The molecule has 1 fully saturated rings. The SMILES string of the molecule is CCOC(=O)CC1CSCC(CC(=O)OCC)N1C. The molecule has 0 N–H and O–H groups in total. The molecule has 6 heteroatoms. The smallest absolute Gasteiger partial charge is 0.307 e. The van der Waals surface area contributed by atoms with Gasteiger partial charge in [0, 0.05) is 23.6 Å². The maximum atomic E-state index is 11.5. The molecule has 1 aliphatic heterocycles. The topological polar surface area (TPSA) is 55.8 Å². The molecule has 110 valence electrons. The third-order valence-corrected chi connectivity index (χ3v) is 4.43.